The molecule has 0 unspecified atom stereocenters. The number of aliphatic carboxylic acids is 2. The molecule has 6 N–H and O–H groups in total. The van der Waals surface area contributed by atoms with Crippen molar-refractivity contribution in [1.82, 2.24) is 15.6 Å². The molecule has 13 heteroatoms. The fourth-order valence-corrected chi connectivity index (χ4v) is 5.81. The van der Waals surface area contributed by atoms with Gasteiger partial charge in [0.2, 0.25) is 11.8 Å². The predicted molar refractivity (Wildman–Crippen MR) is 194 cm³/mol. The molecule has 0 saturated heterocycles. The molecular weight excluding hydrogens is 678 g/mol. The summed E-state index contributed by atoms with van der Waals surface area (Å²) >= 11 is 6.54. The van der Waals surface area contributed by atoms with E-state index >= 15 is 0 Å². The lowest BCUT2D eigenvalue weighted by Gasteiger charge is -2.17. The molecule has 3 aromatic carbocycles. The minimum absolute atomic E-state index is 0.0805. The standard InChI is InChI=1S/C38H44ClN3O9/c1-23-26(22-51-38-34(39)16-27(37(42-38)49-3)19-41-21-29(44)18-36(47)48)6-4-8-32(23)33-9-5-7-31(24(33)2)25-10-12-30(13-11-25)50-15-14-40-20-28(43)17-35(45)46/h4-13,16,28-29,40-41,43-44H,14-15,17-22H2,1-3H3,(H,45,46)(H,47,48)/t28-,29-/m0/s1. The number of ether oxygens (including phenoxy) is 3. The lowest BCUT2D eigenvalue weighted by molar-refractivity contribution is -0.140. The van der Waals surface area contributed by atoms with Crippen LogP contribution in [0.25, 0.3) is 22.3 Å². The Kier molecular flexibility index (Phi) is 14.6. The Labute approximate surface area is 302 Å². The highest BCUT2D eigenvalue weighted by Gasteiger charge is 2.17. The highest BCUT2D eigenvalue weighted by Crippen LogP contribution is 2.36. The molecule has 0 aliphatic rings. The normalized spacial score (nSPS) is 12.3. The molecule has 0 spiro atoms. The zero-order valence-electron chi connectivity index (χ0n) is 28.8. The number of aromatic nitrogens is 1. The van der Waals surface area contributed by atoms with Crippen molar-refractivity contribution in [2.75, 3.05) is 33.4 Å². The van der Waals surface area contributed by atoms with Gasteiger partial charge in [0, 0.05) is 31.7 Å². The lowest BCUT2D eigenvalue weighted by atomic mass is 9.89. The summed E-state index contributed by atoms with van der Waals surface area (Å²) in [6.45, 7) is 5.72. The Hall–Kier alpha value is -4.72. The minimum Gasteiger partial charge on any atom is -0.492 e. The smallest absolute Gasteiger partial charge is 0.306 e. The third kappa shape index (κ3) is 11.4. The van der Waals surface area contributed by atoms with Gasteiger partial charge in [0.15, 0.2) is 0 Å². The quantitative estimate of drug-likeness (QED) is 0.0674. The van der Waals surface area contributed by atoms with Crippen molar-refractivity contribution in [1.29, 1.82) is 0 Å². The van der Waals surface area contributed by atoms with E-state index in [4.69, 9.17) is 36.0 Å². The number of nitrogens with zero attached hydrogens (tertiary/aromatic N) is 1. The molecule has 0 radical (unpaired) electrons. The van der Waals surface area contributed by atoms with Gasteiger partial charge in [-0.1, -0.05) is 60.1 Å². The average molecular weight is 722 g/mol. The zero-order valence-corrected chi connectivity index (χ0v) is 29.6. The van der Waals surface area contributed by atoms with Gasteiger partial charge in [0.05, 0.1) is 32.2 Å². The van der Waals surface area contributed by atoms with Gasteiger partial charge in [0.1, 0.15) is 24.0 Å². The predicted octanol–water partition coefficient (Wildman–Crippen LogP) is 5.00. The summed E-state index contributed by atoms with van der Waals surface area (Å²) < 4.78 is 17.3. The molecule has 1 aromatic heterocycles. The van der Waals surface area contributed by atoms with Gasteiger partial charge in [-0.3, -0.25) is 9.59 Å². The average Bonchev–Trinajstić information content (AvgIpc) is 3.08. The summed E-state index contributed by atoms with van der Waals surface area (Å²) in [5, 5.41) is 43.3. The van der Waals surface area contributed by atoms with Crippen molar-refractivity contribution in [3.63, 3.8) is 0 Å². The molecule has 0 bridgehead atoms. The van der Waals surface area contributed by atoms with E-state index < -0.39 is 24.1 Å². The third-order valence-corrected chi connectivity index (χ3v) is 8.49. The van der Waals surface area contributed by atoms with E-state index in [0.717, 1.165) is 38.9 Å². The van der Waals surface area contributed by atoms with Gasteiger partial charge in [0.25, 0.3) is 0 Å². The van der Waals surface area contributed by atoms with Crippen molar-refractivity contribution in [2.24, 2.45) is 0 Å². The molecule has 0 saturated carbocycles. The van der Waals surface area contributed by atoms with E-state index in [1.807, 2.05) is 42.5 Å². The van der Waals surface area contributed by atoms with Crippen LogP contribution >= 0.6 is 11.6 Å². The number of benzene rings is 3. The highest BCUT2D eigenvalue weighted by atomic mass is 35.5. The monoisotopic (exact) mass is 721 g/mol. The van der Waals surface area contributed by atoms with Gasteiger partial charge in [-0.25, -0.2) is 0 Å². The Bertz CT molecular complexity index is 1790. The largest absolute Gasteiger partial charge is 0.492 e. The van der Waals surface area contributed by atoms with Crippen molar-refractivity contribution < 1.29 is 44.2 Å². The molecule has 0 aliphatic carbocycles. The van der Waals surface area contributed by atoms with Crippen LogP contribution in [0.3, 0.4) is 0 Å². The summed E-state index contributed by atoms with van der Waals surface area (Å²) in [4.78, 5) is 25.9. The number of aliphatic hydroxyl groups is 2. The van der Waals surface area contributed by atoms with Crippen molar-refractivity contribution in [3.8, 4) is 39.8 Å². The van der Waals surface area contributed by atoms with E-state index in [9.17, 15) is 19.8 Å². The van der Waals surface area contributed by atoms with Crippen LogP contribution in [0.15, 0.2) is 66.7 Å². The molecule has 12 nitrogen and oxygen atoms in total. The van der Waals surface area contributed by atoms with Crippen molar-refractivity contribution in [2.45, 2.75) is 52.0 Å². The second-order valence-corrected chi connectivity index (χ2v) is 12.4. The number of nitrogens with one attached hydrogen (secondary N) is 2. The molecule has 0 amide bonds. The number of carboxylic acids is 2. The SMILES string of the molecule is COc1nc(OCc2cccc(-c3cccc(-c4ccc(OCCNC[C@@H](O)CC(=O)O)cc4)c3C)c2C)c(Cl)cc1CNC[C@@H](O)CC(=O)O. The number of halogens is 1. The Morgan fingerprint density at radius 2 is 1.39 bits per heavy atom. The van der Waals surface area contributed by atoms with Crippen LogP contribution < -0.4 is 24.8 Å². The van der Waals surface area contributed by atoms with Crippen LogP contribution in [0, 0.1) is 13.8 Å². The molecular formula is C38H44ClN3O9. The van der Waals surface area contributed by atoms with Gasteiger partial charge in [-0.05, 0) is 71.0 Å². The molecule has 51 heavy (non-hydrogen) atoms. The molecule has 4 aromatic rings. The first-order valence-electron chi connectivity index (χ1n) is 16.5. The third-order valence-electron chi connectivity index (χ3n) is 8.22. The van der Waals surface area contributed by atoms with Crippen LogP contribution in [0.1, 0.15) is 35.1 Å². The summed E-state index contributed by atoms with van der Waals surface area (Å²) in [6.07, 6.45) is -2.63. The summed E-state index contributed by atoms with van der Waals surface area (Å²) in [5.41, 5.74) is 8.04. The zero-order chi connectivity index (χ0) is 36.9. The van der Waals surface area contributed by atoms with Gasteiger partial charge < -0.3 is 45.3 Å². The maximum atomic E-state index is 10.8. The van der Waals surface area contributed by atoms with Crippen LogP contribution in [0.2, 0.25) is 5.02 Å². The van der Waals surface area contributed by atoms with Crippen LogP contribution in [0.4, 0.5) is 0 Å². The van der Waals surface area contributed by atoms with Crippen LogP contribution in [0.5, 0.6) is 17.5 Å². The van der Waals surface area contributed by atoms with E-state index in [0.29, 0.717) is 30.3 Å². The van der Waals surface area contributed by atoms with E-state index in [-0.39, 0.29) is 50.0 Å². The van der Waals surface area contributed by atoms with Crippen LogP contribution in [-0.2, 0) is 22.7 Å². The molecule has 2 atom stereocenters. The summed E-state index contributed by atoms with van der Waals surface area (Å²) in [5.74, 6) is -0.900. The first-order valence-corrected chi connectivity index (χ1v) is 16.8. The van der Waals surface area contributed by atoms with E-state index in [1.54, 1.807) is 6.07 Å². The van der Waals surface area contributed by atoms with E-state index in [1.165, 1.54) is 7.11 Å². The number of aliphatic hydroxyl groups excluding tert-OH is 2. The number of carbonyl (C=O) groups is 2. The molecule has 1 heterocycles. The number of rotatable bonds is 20. The second kappa shape index (κ2) is 19.0. The maximum absolute atomic E-state index is 10.8. The highest BCUT2D eigenvalue weighted by molar-refractivity contribution is 6.31. The van der Waals surface area contributed by atoms with E-state index in [2.05, 4.69) is 47.7 Å². The van der Waals surface area contributed by atoms with Gasteiger partial charge in [-0.15, -0.1) is 0 Å². The topological polar surface area (TPSA) is 180 Å². The van der Waals surface area contributed by atoms with Gasteiger partial charge in [-0.2, -0.15) is 4.98 Å². The summed E-state index contributed by atoms with van der Waals surface area (Å²) in [6, 6.07) is 21.8. The van der Waals surface area contributed by atoms with Crippen molar-refractivity contribution in [3.05, 3.63) is 94.0 Å². The Morgan fingerprint density at radius 1 is 0.784 bits per heavy atom. The second-order valence-electron chi connectivity index (χ2n) is 12.0. The van der Waals surface area contributed by atoms with Crippen LogP contribution in [-0.4, -0.2) is 82.9 Å². The fraction of sp³-hybridized carbons (Fsp3) is 0.342. The summed E-state index contributed by atoms with van der Waals surface area (Å²) in [7, 11) is 1.48. The van der Waals surface area contributed by atoms with Crippen molar-refractivity contribution >= 4 is 23.5 Å². The number of hydrogen-bond donors (Lipinski definition) is 6. The molecule has 4 rings (SSSR count). The Morgan fingerprint density at radius 3 is 2.04 bits per heavy atom. The minimum atomic E-state index is -1.08. The first-order chi connectivity index (χ1) is 24.5. The first kappa shape index (κ1) is 39.1. The Balaban J connectivity index is 1.40. The fourth-order valence-electron chi connectivity index (χ4n) is 5.58. The number of pyridine rings is 1. The molecule has 0 aliphatic heterocycles. The molecule has 0 fully saturated rings. The number of carboxylic acid groups (broad SMARTS) is 2. The lowest BCUT2D eigenvalue weighted by Crippen LogP contribution is -2.31. The molecule has 272 valence electrons. The van der Waals surface area contributed by atoms with Gasteiger partial charge >= 0.3 is 11.9 Å². The number of methoxy groups -OCH3 is 1. The number of hydrogen-bond acceptors (Lipinski definition) is 10. The maximum Gasteiger partial charge on any atom is 0.306 e.